The lowest BCUT2D eigenvalue weighted by atomic mass is 10.1. The van der Waals surface area contributed by atoms with Gasteiger partial charge < -0.3 is 10.1 Å². The van der Waals surface area contributed by atoms with Crippen LogP contribution < -0.4 is 10.1 Å². The number of para-hydroxylation sites is 1. The van der Waals surface area contributed by atoms with E-state index in [4.69, 9.17) is 4.74 Å². The number of carbonyl (C=O) groups excluding carboxylic acids is 1. The minimum absolute atomic E-state index is 0.0381. The van der Waals surface area contributed by atoms with Gasteiger partial charge in [0, 0.05) is 16.5 Å². The third-order valence-corrected chi connectivity index (χ3v) is 2.50. The number of amides is 1. The predicted octanol–water partition coefficient (Wildman–Crippen LogP) is 1.79. The largest absolute Gasteiger partial charge is 0.496 e. The molecule has 0 aliphatic rings. The Balaban J connectivity index is 2.59. The van der Waals surface area contributed by atoms with E-state index in [1.165, 1.54) is 0 Å². The molecular weight excluding hydrogens is 305 g/mol. The molecule has 82 valence electrons. The Hall–Kier alpha value is -0.780. The molecule has 1 amide bonds. The van der Waals surface area contributed by atoms with Crippen LogP contribution in [-0.2, 0) is 11.2 Å². The van der Waals surface area contributed by atoms with Crippen LogP contribution in [0.5, 0.6) is 5.75 Å². The molecule has 0 saturated carbocycles. The zero-order valence-electron chi connectivity index (χ0n) is 8.63. The fourth-order valence-electron chi connectivity index (χ4n) is 1.27. The van der Waals surface area contributed by atoms with Crippen molar-refractivity contribution in [3.8, 4) is 5.75 Å². The molecule has 0 spiro atoms. The maximum absolute atomic E-state index is 11.5. The lowest BCUT2D eigenvalue weighted by Crippen LogP contribution is -2.26. The zero-order valence-corrected chi connectivity index (χ0v) is 10.8. The fraction of sp³-hybridized carbons (Fsp3) is 0.364. The smallest absolute Gasteiger partial charge is 0.224 e. The van der Waals surface area contributed by atoms with Crippen molar-refractivity contribution in [2.24, 2.45) is 0 Å². The fourth-order valence-corrected chi connectivity index (χ4v) is 1.54. The van der Waals surface area contributed by atoms with Crippen LogP contribution in [-0.4, -0.2) is 24.0 Å². The molecule has 0 saturated heterocycles. The molecule has 0 bridgehead atoms. The first-order valence-electron chi connectivity index (χ1n) is 4.72. The van der Waals surface area contributed by atoms with Gasteiger partial charge in [0.25, 0.3) is 0 Å². The van der Waals surface area contributed by atoms with Crippen molar-refractivity contribution in [1.29, 1.82) is 0 Å². The van der Waals surface area contributed by atoms with Crippen LogP contribution in [0.1, 0.15) is 5.56 Å². The maximum atomic E-state index is 11.5. The number of rotatable bonds is 5. The summed E-state index contributed by atoms with van der Waals surface area (Å²) in [4.78, 5) is 11.5. The summed E-state index contributed by atoms with van der Waals surface area (Å²) < 4.78 is 6.10. The van der Waals surface area contributed by atoms with Gasteiger partial charge in [0.15, 0.2) is 0 Å². The lowest BCUT2D eigenvalue weighted by molar-refractivity contribution is -0.120. The number of nitrogens with one attached hydrogen (secondary N) is 1. The van der Waals surface area contributed by atoms with E-state index in [0.717, 1.165) is 15.7 Å². The van der Waals surface area contributed by atoms with Crippen LogP contribution in [0.2, 0.25) is 0 Å². The lowest BCUT2D eigenvalue weighted by Gasteiger charge is -2.07. The van der Waals surface area contributed by atoms with Gasteiger partial charge in [-0.05, 0) is 6.07 Å². The highest BCUT2D eigenvalue weighted by molar-refractivity contribution is 14.1. The first kappa shape index (κ1) is 12.3. The Kier molecular flexibility index (Phi) is 5.45. The van der Waals surface area contributed by atoms with Crippen molar-refractivity contribution in [3.05, 3.63) is 29.8 Å². The summed E-state index contributed by atoms with van der Waals surface area (Å²) >= 11 is 2.23. The molecule has 0 aromatic heterocycles. The molecule has 1 aromatic carbocycles. The van der Waals surface area contributed by atoms with Gasteiger partial charge in [-0.2, -0.15) is 0 Å². The van der Waals surface area contributed by atoms with Gasteiger partial charge in [-0.25, -0.2) is 0 Å². The van der Waals surface area contributed by atoms with Gasteiger partial charge in [0.1, 0.15) is 5.75 Å². The Morgan fingerprint density at radius 2 is 2.20 bits per heavy atom. The van der Waals surface area contributed by atoms with E-state index >= 15 is 0 Å². The molecule has 0 atom stereocenters. The Morgan fingerprint density at radius 1 is 1.47 bits per heavy atom. The molecule has 4 heteroatoms. The second-order valence-corrected chi connectivity index (χ2v) is 4.11. The highest BCUT2D eigenvalue weighted by Crippen LogP contribution is 2.17. The molecule has 0 radical (unpaired) electrons. The van der Waals surface area contributed by atoms with E-state index in [1.54, 1.807) is 7.11 Å². The van der Waals surface area contributed by atoms with Crippen LogP contribution in [0.4, 0.5) is 0 Å². The molecule has 0 aliphatic heterocycles. The molecule has 1 N–H and O–H groups in total. The minimum atomic E-state index is 0.0381. The minimum Gasteiger partial charge on any atom is -0.496 e. The second kappa shape index (κ2) is 6.66. The molecule has 0 fully saturated rings. The highest BCUT2D eigenvalue weighted by atomic mass is 127. The second-order valence-electron chi connectivity index (χ2n) is 3.03. The average molecular weight is 319 g/mol. The molecule has 1 rings (SSSR count). The Morgan fingerprint density at radius 3 is 2.87 bits per heavy atom. The Bertz CT molecular complexity index is 328. The van der Waals surface area contributed by atoms with Crippen LogP contribution in [0, 0.1) is 0 Å². The van der Waals surface area contributed by atoms with Gasteiger partial charge in [0.05, 0.1) is 13.5 Å². The van der Waals surface area contributed by atoms with E-state index in [1.807, 2.05) is 24.3 Å². The van der Waals surface area contributed by atoms with Gasteiger partial charge in [-0.1, -0.05) is 40.8 Å². The summed E-state index contributed by atoms with van der Waals surface area (Å²) in [5, 5.41) is 2.83. The van der Waals surface area contributed by atoms with Crippen molar-refractivity contribution in [1.82, 2.24) is 5.32 Å². The quantitative estimate of drug-likeness (QED) is 0.664. The van der Waals surface area contributed by atoms with Crippen LogP contribution in [0.3, 0.4) is 0 Å². The number of benzene rings is 1. The van der Waals surface area contributed by atoms with Gasteiger partial charge >= 0.3 is 0 Å². The third-order valence-electron chi connectivity index (χ3n) is 1.96. The summed E-state index contributed by atoms with van der Waals surface area (Å²) in [6, 6.07) is 7.57. The van der Waals surface area contributed by atoms with E-state index in [-0.39, 0.29) is 5.91 Å². The molecule has 1 aromatic rings. The predicted molar refractivity (Wildman–Crippen MR) is 68.6 cm³/mol. The van der Waals surface area contributed by atoms with E-state index in [0.29, 0.717) is 13.0 Å². The summed E-state index contributed by atoms with van der Waals surface area (Å²) in [5.41, 5.74) is 0.922. The number of carbonyl (C=O) groups is 1. The topological polar surface area (TPSA) is 38.3 Å². The number of alkyl halides is 1. The van der Waals surface area contributed by atoms with Crippen molar-refractivity contribution >= 4 is 28.5 Å². The van der Waals surface area contributed by atoms with Crippen molar-refractivity contribution < 1.29 is 9.53 Å². The normalized spacial score (nSPS) is 9.73. The van der Waals surface area contributed by atoms with Crippen LogP contribution >= 0.6 is 22.6 Å². The summed E-state index contributed by atoms with van der Waals surface area (Å²) in [5.74, 6) is 0.804. The summed E-state index contributed by atoms with van der Waals surface area (Å²) in [6.45, 7) is 0.717. The van der Waals surface area contributed by atoms with E-state index < -0.39 is 0 Å². The van der Waals surface area contributed by atoms with Gasteiger partial charge in [0.2, 0.25) is 5.91 Å². The SMILES string of the molecule is COc1ccccc1CC(=O)NCCI. The number of methoxy groups -OCH3 is 1. The first-order valence-corrected chi connectivity index (χ1v) is 6.25. The van der Waals surface area contributed by atoms with Crippen molar-refractivity contribution in [2.45, 2.75) is 6.42 Å². The number of halogens is 1. The van der Waals surface area contributed by atoms with E-state index in [2.05, 4.69) is 27.9 Å². The molecule has 0 heterocycles. The zero-order chi connectivity index (χ0) is 11.1. The molecular formula is C11H14INO2. The average Bonchev–Trinajstić information content (AvgIpc) is 2.27. The van der Waals surface area contributed by atoms with E-state index in [9.17, 15) is 4.79 Å². The van der Waals surface area contributed by atoms with Crippen LogP contribution in [0.15, 0.2) is 24.3 Å². The summed E-state index contributed by atoms with van der Waals surface area (Å²) in [7, 11) is 1.61. The standard InChI is InChI=1S/C11H14INO2/c1-15-10-5-3-2-4-9(10)8-11(14)13-7-6-12/h2-5H,6-8H2,1H3,(H,13,14). The monoisotopic (exact) mass is 319 g/mol. The molecule has 15 heavy (non-hydrogen) atoms. The van der Waals surface area contributed by atoms with Crippen molar-refractivity contribution in [2.75, 3.05) is 18.1 Å². The van der Waals surface area contributed by atoms with Gasteiger partial charge in [-0.3, -0.25) is 4.79 Å². The molecule has 0 aliphatic carbocycles. The number of ether oxygens (including phenoxy) is 1. The van der Waals surface area contributed by atoms with Crippen LogP contribution in [0.25, 0.3) is 0 Å². The van der Waals surface area contributed by atoms with Crippen molar-refractivity contribution in [3.63, 3.8) is 0 Å². The van der Waals surface area contributed by atoms with Gasteiger partial charge in [-0.15, -0.1) is 0 Å². The number of hydrogen-bond acceptors (Lipinski definition) is 2. The highest BCUT2D eigenvalue weighted by Gasteiger charge is 2.06. The molecule has 3 nitrogen and oxygen atoms in total. The first-order chi connectivity index (χ1) is 7.27. The molecule has 0 unspecified atom stereocenters. The third kappa shape index (κ3) is 4.07. The summed E-state index contributed by atoms with van der Waals surface area (Å²) in [6.07, 6.45) is 0.376. The number of hydrogen-bond donors (Lipinski definition) is 1. The Labute approximate surface area is 103 Å². The maximum Gasteiger partial charge on any atom is 0.224 e.